The quantitative estimate of drug-likeness (QED) is 0.713. The molecule has 0 saturated heterocycles. The Bertz CT molecular complexity index is 233. The summed E-state index contributed by atoms with van der Waals surface area (Å²) in [5, 5.41) is 0. The minimum absolute atomic E-state index is 0.154. The fourth-order valence-corrected chi connectivity index (χ4v) is 2.65. The highest BCUT2D eigenvalue weighted by molar-refractivity contribution is 5.79. The second-order valence-electron chi connectivity index (χ2n) is 4.99. The Morgan fingerprint density at radius 1 is 1.41 bits per heavy atom. The third kappa shape index (κ3) is 4.28. The summed E-state index contributed by atoms with van der Waals surface area (Å²) in [5.41, 5.74) is 5.76. The molecule has 0 bridgehead atoms. The van der Waals surface area contributed by atoms with Gasteiger partial charge in [0.1, 0.15) is 0 Å². The highest BCUT2D eigenvalue weighted by Crippen LogP contribution is 2.30. The standard InChI is InChI=1S/C13H26N2O2/c1-15(8-5-9-17-2)13(16)12-7-4-3-6-11(12)10-14/h11-12H,3-10,14H2,1-2H3. The van der Waals surface area contributed by atoms with Gasteiger partial charge in [0, 0.05) is 33.2 Å². The van der Waals surface area contributed by atoms with Gasteiger partial charge in [-0.2, -0.15) is 0 Å². The van der Waals surface area contributed by atoms with Gasteiger partial charge in [-0.25, -0.2) is 0 Å². The van der Waals surface area contributed by atoms with E-state index in [0.29, 0.717) is 19.1 Å². The van der Waals surface area contributed by atoms with Crippen molar-refractivity contribution in [2.75, 3.05) is 33.9 Å². The van der Waals surface area contributed by atoms with E-state index in [1.165, 1.54) is 12.8 Å². The third-order valence-corrected chi connectivity index (χ3v) is 3.75. The van der Waals surface area contributed by atoms with E-state index in [-0.39, 0.29) is 11.8 Å². The van der Waals surface area contributed by atoms with E-state index in [0.717, 1.165) is 25.8 Å². The maximum absolute atomic E-state index is 12.3. The smallest absolute Gasteiger partial charge is 0.225 e. The molecule has 0 aromatic heterocycles. The first-order valence-electron chi connectivity index (χ1n) is 6.64. The first kappa shape index (κ1) is 14.5. The molecule has 1 fully saturated rings. The molecule has 1 aliphatic rings. The van der Waals surface area contributed by atoms with Crippen molar-refractivity contribution in [3.8, 4) is 0 Å². The van der Waals surface area contributed by atoms with Gasteiger partial charge in [0.05, 0.1) is 0 Å². The zero-order valence-corrected chi connectivity index (χ0v) is 11.2. The van der Waals surface area contributed by atoms with Gasteiger partial charge >= 0.3 is 0 Å². The van der Waals surface area contributed by atoms with Gasteiger partial charge in [-0.1, -0.05) is 12.8 Å². The predicted octanol–water partition coefficient (Wildman–Crippen LogP) is 1.25. The fourth-order valence-electron chi connectivity index (χ4n) is 2.65. The maximum Gasteiger partial charge on any atom is 0.225 e. The Kier molecular flexibility index (Phi) is 6.52. The summed E-state index contributed by atoms with van der Waals surface area (Å²) in [7, 11) is 3.58. The molecule has 0 aromatic carbocycles. The lowest BCUT2D eigenvalue weighted by Gasteiger charge is -2.32. The molecule has 1 rings (SSSR count). The van der Waals surface area contributed by atoms with Crippen LogP contribution in [0.5, 0.6) is 0 Å². The molecule has 4 heteroatoms. The number of ether oxygens (including phenoxy) is 1. The van der Waals surface area contributed by atoms with E-state index in [2.05, 4.69) is 0 Å². The van der Waals surface area contributed by atoms with Crippen LogP contribution in [0.4, 0.5) is 0 Å². The van der Waals surface area contributed by atoms with Crippen LogP contribution in [0.3, 0.4) is 0 Å². The number of nitrogens with two attached hydrogens (primary N) is 1. The average Bonchev–Trinajstić information content (AvgIpc) is 2.38. The molecule has 2 N–H and O–H groups in total. The van der Waals surface area contributed by atoms with E-state index in [4.69, 9.17) is 10.5 Å². The van der Waals surface area contributed by atoms with Crippen molar-refractivity contribution < 1.29 is 9.53 Å². The first-order valence-corrected chi connectivity index (χ1v) is 6.64. The van der Waals surface area contributed by atoms with E-state index in [9.17, 15) is 4.79 Å². The molecule has 2 unspecified atom stereocenters. The van der Waals surface area contributed by atoms with Crippen molar-refractivity contribution in [1.29, 1.82) is 0 Å². The summed E-state index contributed by atoms with van der Waals surface area (Å²) >= 11 is 0. The van der Waals surface area contributed by atoms with Crippen LogP contribution in [0, 0.1) is 11.8 Å². The van der Waals surface area contributed by atoms with Crippen LogP contribution >= 0.6 is 0 Å². The molecular weight excluding hydrogens is 216 g/mol. The first-order chi connectivity index (χ1) is 8.20. The number of nitrogens with zero attached hydrogens (tertiary/aromatic N) is 1. The monoisotopic (exact) mass is 242 g/mol. The normalized spacial score (nSPS) is 24.6. The van der Waals surface area contributed by atoms with Crippen LogP contribution in [0.25, 0.3) is 0 Å². The molecule has 0 radical (unpaired) electrons. The van der Waals surface area contributed by atoms with Crippen molar-refractivity contribution >= 4 is 5.91 Å². The minimum Gasteiger partial charge on any atom is -0.385 e. The number of hydrogen-bond acceptors (Lipinski definition) is 3. The van der Waals surface area contributed by atoms with Crippen LogP contribution in [0.1, 0.15) is 32.1 Å². The van der Waals surface area contributed by atoms with Crippen LogP contribution in [-0.4, -0.2) is 44.7 Å². The maximum atomic E-state index is 12.3. The molecule has 1 saturated carbocycles. The average molecular weight is 242 g/mol. The molecule has 100 valence electrons. The number of hydrogen-bond donors (Lipinski definition) is 1. The second-order valence-corrected chi connectivity index (χ2v) is 4.99. The zero-order chi connectivity index (χ0) is 12.7. The molecule has 0 aliphatic heterocycles. The van der Waals surface area contributed by atoms with E-state index in [1.54, 1.807) is 7.11 Å². The van der Waals surface area contributed by atoms with Crippen LogP contribution in [0.2, 0.25) is 0 Å². The van der Waals surface area contributed by atoms with E-state index < -0.39 is 0 Å². The Morgan fingerprint density at radius 3 is 2.76 bits per heavy atom. The summed E-state index contributed by atoms with van der Waals surface area (Å²) in [6, 6.07) is 0. The van der Waals surface area contributed by atoms with Crippen molar-refractivity contribution in [3.05, 3.63) is 0 Å². The van der Waals surface area contributed by atoms with Crippen molar-refractivity contribution in [2.24, 2.45) is 17.6 Å². The lowest BCUT2D eigenvalue weighted by Crippen LogP contribution is -2.41. The summed E-state index contributed by atoms with van der Waals surface area (Å²) in [5.74, 6) is 0.818. The Hall–Kier alpha value is -0.610. The summed E-state index contributed by atoms with van der Waals surface area (Å²) in [4.78, 5) is 14.1. The molecule has 0 aromatic rings. The number of rotatable bonds is 6. The summed E-state index contributed by atoms with van der Waals surface area (Å²) in [6.07, 6.45) is 5.41. The van der Waals surface area contributed by atoms with E-state index in [1.807, 2.05) is 11.9 Å². The van der Waals surface area contributed by atoms with Gasteiger partial charge in [0.15, 0.2) is 0 Å². The molecule has 1 amide bonds. The SMILES string of the molecule is COCCCN(C)C(=O)C1CCCCC1CN. The Labute approximate surface area is 104 Å². The van der Waals surface area contributed by atoms with E-state index >= 15 is 0 Å². The molecule has 4 nitrogen and oxygen atoms in total. The number of amides is 1. The lowest BCUT2D eigenvalue weighted by atomic mass is 9.78. The van der Waals surface area contributed by atoms with Gasteiger partial charge in [-0.05, 0) is 31.7 Å². The fraction of sp³-hybridized carbons (Fsp3) is 0.923. The molecule has 1 aliphatic carbocycles. The van der Waals surface area contributed by atoms with Crippen LogP contribution in [-0.2, 0) is 9.53 Å². The number of methoxy groups -OCH3 is 1. The Balaban J connectivity index is 2.43. The predicted molar refractivity (Wildman–Crippen MR) is 68.6 cm³/mol. The van der Waals surface area contributed by atoms with Crippen LogP contribution in [0.15, 0.2) is 0 Å². The van der Waals surface area contributed by atoms with Gasteiger partial charge in [-0.15, -0.1) is 0 Å². The van der Waals surface area contributed by atoms with Crippen molar-refractivity contribution in [2.45, 2.75) is 32.1 Å². The molecule has 17 heavy (non-hydrogen) atoms. The van der Waals surface area contributed by atoms with Crippen molar-refractivity contribution in [3.63, 3.8) is 0 Å². The molecule has 0 spiro atoms. The highest BCUT2D eigenvalue weighted by Gasteiger charge is 2.31. The third-order valence-electron chi connectivity index (χ3n) is 3.75. The minimum atomic E-state index is 0.154. The Morgan fingerprint density at radius 2 is 2.12 bits per heavy atom. The topological polar surface area (TPSA) is 55.6 Å². The van der Waals surface area contributed by atoms with Crippen molar-refractivity contribution in [1.82, 2.24) is 4.90 Å². The zero-order valence-electron chi connectivity index (χ0n) is 11.2. The van der Waals surface area contributed by atoms with Gasteiger partial charge in [0.2, 0.25) is 5.91 Å². The lowest BCUT2D eigenvalue weighted by molar-refractivity contribution is -0.137. The molecular formula is C13H26N2O2. The van der Waals surface area contributed by atoms with Gasteiger partial charge in [-0.3, -0.25) is 4.79 Å². The summed E-state index contributed by atoms with van der Waals surface area (Å²) < 4.78 is 5.00. The highest BCUT2D eigenvalue weighted by atomic mass is 16.5. The second kappa shape index (κ2) is 7.67. The summed E-state index contributed by atoms with van der Waals surface area (Å²) in [6.45, 7) is 2.13. The number of carbonyl (C=O) groups excluding carboxylic acids is 1. The largest absolute Gasteiger partial charge is 0.385 e. The van der Waals surface area contributed by atoms with Crippen LogP contribution < -0.4 is 5.73 Å². The molecule has 2 atom stereocenters. The van der Waals surface area contributed by atoms with Gasteiger partial charge < -0.3 is 15.4 Å². The number of carbonyl (C=O) groups is 1. The van der Waals surface area contributed by atoms with Gasteiger partial charge in [0.25, 0.3) is 0 Å². The molecule has 0 heterocycles.